The van der Waals surface area contributed by atoms with Gasteiger partial charge in [0.25, 0.3) is 0 Å². The first-order valence-electron chi connectivity index (χ1n) is 7.95. The van der Waals surface area contributed by atoms with Crippen LogP contribution in [0.5, 0.6) is 11.5 Å². The van der Waals surface area contributed by atoms with Crippen molar-refractivity contribution in [3.05, 3.63) is 65.2 Å². The summed E-state index contributed by atoms with van der Waals surface area (Å²) in [6.07, 6.45) is -1.55. The number of hydrogen-bond acceptors (Lipinski definition) is 3. The fourth-order valence-corrected chi connectivity index (χ4v) is 2.23. The van der Waals surface area contributed by atoms with Crippen LogP contribution in [0.25, 0.3) is 6.08 Å². The predicted octanol–water partition coefficient (Wildman–Crippen LogP) is 5.40. The molecule has 0 unspecified atom stereocenters. The summed E-state index contributed by atoms with van der Waals surface area (Å²) in [5, 5.41) is 0. The quantitative estimate of drug-likeness (QED) is 0.509. The molecule has 0 aromatic heterocycles. The normalized spacial score (nSPS) is 11.8. The van der Waals surface area contributed by atoms with Crippen LogP contribution in [-0.4, -0.2) is 19.0 Å². The second-order valence-corrected chi connectivity index (χ2v) is 5.85. The van der Waals surface area contributed by atoms with E-state index < -0.39 is 11.7 Å². The molecule has 0 saturated heterocycles. The largest absolute Gasteiger partial charge is 0.493 e. The molecule has 2 aromatic rings. The van der Waals surface area contributed by atoms with E-state index in [1.807, 2.05) is 13.8 Å². The summed E-state index contributed by atoms with van der Waals surface area (Å²) < 4.78 is 48.5. The molecule has 6 heteroatoms. The molecule has 0 saturated carbocycles. The second kappa shape index (κ2) is 8.08. The second-order valence-electron chi connectivity index (χ2n) is 5.85. The van der Waals surface area contributed by atoms with Crippen molar-refractivity contribution in [3.63, 3.8) is 0 Å². The third kappa shape index (κ3) is 5.12. The van der Waals surface area contributed by atoms with Crippen LogP contribution in [0.1, 0.15) is 35.3 Å². The smallest absolute Gasteiger partial charge is 0.416 e. The van der Waals surface area contributed by atoms with Gasteiger partial charge < -0.3 is 9.47 Å². The van der Waals surface area contributed by atoms with E-state index in [0.717, 1.165) is 24.3 Å². The zero-order valence-corrected chi connectivity index (χ0v) is 14.6. The van der Waals surface area contributed by atoms with Gasteiger partial charge in [-0.25, -0.2) is 0 Å². The van der Waals surface area contributed by atoms with Crippen molar-refractivity contribution in [2.75, 3.05) is 7.11 Å². The third-order valence-electron chi connectivity index (χ3n) is 3.47. The molecule has 0 aliphatic rings. The first kappa shape index (κ1) is 19.6. The van der Waals surface area contributed by atoms with Gasteiger partial charge in [-0.2, -0.15) is 13.2 Å². The van der Waals surface area contributed by atoms with Crippen LogP contribution in [0, 0.1) is 0 Å². The summed E-state index contributed by atoms with van der Waals surface area (Å²) in [6, 6.07) is 9.32. The van der Waals surface area contributed by atoms with Gasteiger partial charge in [-0.3, -0.25) is 4.79 Å². The van der Waals surface area contributed by atoms with Gasteiger partial charge in [0.2, 0.25) is 0 Å². The Morgan fingerprint density at radius 2 is 1.69 bits per heavy atom. The molecule has 0 aliphatic carbocycles. The molecule has 0 heterocycles. The maximum atomic E-state index is 12.6. The molecule has 2 rings (SSSR count). The van der Waals surface area contributed by atoms with Crippen LogP contribution < -0.4 is 9.47 Å². The van der Waals surface area contributed by atoms with E-state index in [9.17, 15) is 18.0 Å². The number of alkyl halides is 3. The van der Waals surface area contributed by atoms with Crippen molar-refractivity contribution in [1.29, 1.82) is 0 Å². The Morgan fingerprint density at radius 3 is 2.23 bits per heavy atom. The number of halogens is 3. The third-order valence-corrected chi connectivity index (χ3v) is 3.47. The van der Waals surface area contributed by atoms with E-state index in [1.54, 1.807) is 24.3 Å². The van der Waals surface area contributed by atoms with Crippen LogP contribution in [0.3, 0.4) is 0 Å². The predicted molar refractivity (Wildman–Crippen MR) is 93.6 cm³/mol. The molecular formula is C20H19F3O3. The highest BCUT2D eigenvalue weighted by atomic mass is 19.4. The molecule has 0 bridgehead atoms. The maximum Gasteiger partial charge on any atom is 0.416 e. The zero-order chi connectivity index (χ0) is 19.3. The van der Waals surface area contributed by atoms with Crippen molar-refractivity contribution in [3.8, 4) is 11.5 Å². The maximum absolute atomic E-state index is 12.6. The van der Waals surface area contributed by atoms with Crippen molar-refractivity contribution in [2.24, 2.45) is 0 Å². The average Bonchev–Trinajstić information content (AvgIpc) is 2.59. The number of allylic oxidation sites excluding steroid dienone is 1. The lowest BCUT2D eigenvalue weighted by atomic mass is 10.1. The van der Waals surface area contributed by atoms with Crippen molar-refractivity contribution in [2.45, 2.75) is 26.1 Å². The van der Waals surface area contributed by atoms with E-state index in [2.05, 4.69) is 0 Å². The highest BCUT2D eigenvalue weighted by Gasteiger charge is 2.30. The summed E-state index contributed by atoms with van der Waals surface area (Å²) in [7, 11) is 1.52. The van der Waals surface area contributed by atoms with Crippen LogP contribution >= 0.6 is 0 Å². The standard InChI is InChI=1S/C20H19F3O3/c1-13(2)26-18-11-5-14(12-19(18)25-3)4-10-17(24)15-6-8-16(9-7-15)20(21,22)23/h4-13H,1-3H3/b10-4+. The summed E-state index contributed by atoms with van der Waals surface area (Å²) in [6.45, 7) is 3.80. The van der Waals surface area contributed by atoms with Gasteiger partial charge in [-0.1, -0.05) is 24.3 Å². The van der Waals surface area contributed by atoms with E-state index in [4.69, 9.17) is 9.47 Å². The summed E-state index contributed by atoms with van der Waals surface area (Å²) in [4.78, 5) is 12.1. The molecule has 26 heavy (non-hydrogen) atoms. The summed E-state index contributed by atoms with van der Waals surface area (Å²) >= 11 is 0. The zero-order valence-electron chi connectivity index (χ0n) is 14.6. The van der Waals surface area contributed by atoms with Gasteiger partial charge in [0, 0.05) is 5.56 Å². The molecule has 0 radical (unpaired) electrons. The molecular weight excluding hydrogens is 345 g/mol. The highest BCUT2D eigenvalue weighted by Crippen LogP contribution is 2.30. The van der Waals surface area contributed by atoms with E-state index in [0.29, 0.717) is 17.1 Å². The molecule has 0 amide bonds. The lowest BCUT2D eigenvalue weighted by molar-refractivity contribution is -0.137. The van der Waals surface area contributed by atoms with Crippen LogP contribution in [0.4, 0.5) is 13.2 Å². The molecule has 3 nitrogen and oxygen atoms in total. The fraction of sp³-hybridized carbons (Fsp3) is 0.250. The number of hydrogen-bond donors (Lipinski definition) is 0. The van der Waals surface area contributed by atoms with Gasteiger partial charge in [-0.15, -0.1) is 0 Å². The van der Waals surface area contributed by atoms with Gasteiger partial charge in [-0.05, 0) is 49.8 Å². The Hall–Kier alpha value is -2.76. The lowest BCUT2D eigenvalue weighted by Gasteiger charge is -2.13. The Kier molecular flexibility index (Phi) is 6.08. The van der Waals surface area contributed by atoms with Gasteiger partial charge in [0.05, 0.1) is 18.8 Å². The Labute approximate surface area is 150 Å². The Balaban J connectivity index is 2.14. The molecule has 2 aromatic carbocycles. The lowest BCUT2D eigenvalue weighted by Crippen LogP contribution is -2.06. The van der Waals surface area contributed by atoms with Crippen LogP contribution in [0.2, 0.25) is 0 Å². The molecule has 0 fully saturated rings. The number of methoxy groups -OCH3 is 1. The SMILES string of the molecule is COc1cc(/C=C/C(=O)c2ccc(C(F)(F)F)cc2)ccc1OC(C)C. The molecule has 0 spiro atoms. The molecule has 0 atom stereocenters. The number of carbonyl (C=O) groups is 1. The van der Waals surface area contributed by atoms with Crippen molar-refractivity contribution >= 4 is 11.9 Å². The Morgan fingerprint density at radius 1 is 1.04 bits per heavy atom. The van der Waals surface area contributed by atoms with Gasteiger partial charge in [0.15, 0.2) is 17.3 Å². The molecule has 0 aliphatic heterocycles. The summed E-state index contributed by atoms with van der Waals surface area (Å²) in [5.74, 6) is 0.733. The van der Waals surface area contributed by atoms with E-state index >= 15 is 0 Å². The molecule has 138 valence electrons. The van der Waals surface area contributed by atoms with Crippen LogP contribution in [0.15, 0.2) is 48.5 Å². The van der Waals surface area contributed by atoms with Crippen LogP contribution in [-0.2, 0) is 6.18 Å². The first-order chi connectivity index (χ1) is 12.2. The fourth-order valence-electron chi connectivity index (χ4n) is 2.23. The Bertz CT molecular complexity index is 791. The minimum atomic E-state index is -4.42. The minimum absolute atomic E-state index is 0.00783. The van der Waals surface area contributed by atoms with E-state index in [-0.39, 0.29) is 17.5 Å². The number of carbonyl (C=O) groups excluding carboxylic acids is 1. The van der Waals surface area contributed by atoms with E-state index in [1.165, 1.54) is 13.2 Å². The monoisotopic (exact) mass is 364 g/mol. The number of ketones is 1. The topological polar surface area (TPSA) is 35.5 Å². The minimum Gasteiger partial charge on any atom is -0.493 e. The van der Waals surface area contributed by atoms with Crippen molar-refractivity contribution in [1.82, 2.24) is 0 Å². The average molecular weight is 364 g/mol. The summed E-state index contributed by atoms with van der Waals surface area (Å²) in [5.41, 5.74) is 0.0997. The number of rotatable bonds is 6. The highest BCUT2D eigenvalue weighted by molar-refractivity contribution is 6.06. The molecule has 0 N–H and O–H groups in total. The first-order valence-corrected chi connectivity index (χ1v) is 7.95. The number of benzene rings is 2. The van der Waals surface area contributed by atoms with Crippen molar-refractivity contribution < 1.29 is 27.4 Å². The van der Waals surface area contributed by atoms with Gasteiger partial charge >= 0.3 is 6.18 Å². The van der Waals surface area contributed by atoms with Gasteiger partial charge in [0.1, 0.15) is 0 Å². The number of ether oxygens (including phenoxy) is 2.